The molecule has 7 nitrogen and oxygen atoms in total. The van der Waals surface area contributed by atoms with Crippen LogP contribution >= 0.6 is 0 Å². The van der Waals surface area contributed by atoms with Crippen LogP contribution in [0.1, 0.15) is 21.9 Å². The number of fused-ring (bicyclic) bond motifs is 1. The fourth-order valence-electron chi connectivity index (χ4n) is 2.21. The summed E-state index contributed by atoms with van der Waals surface area (Å²) in [6.07, 6.45) is 0. The van der Waals surface area contributed by atoms with Crippen molar-refractivity contribution in [1.82, 2.24) is 15.0 Å². The summed E-state index contributed by atoms with van der Waals surface area (Å²) in [6, 6.07) is 8.52. The third-order valence-corrected chi connectivity index (χ3v) is 3.31. The summed E-state index contributed by atoms with van der Waals surface area (Å²) in [5, 5.41) is 8.36. The van der Waals surface area contributed by atoms with Crippen molar-refractivity contribution in [3.05, 3.63) is 57.8 Å². The van der Waals surface area contributed by atoms with Crippen molar-refractivity contribution in [2.24, 2.45) is 0 Å². The average Bonchev–Trinajstić information content (AvgIpc) is 2.90. The number of benzene rings is 1. The SMILES string of the molecule is COC(=O)c1cc(Cn2nnc3ccccc3c2=O)oc1C. The predicted molar refractivity (Wildman–Crippen MR) is 77.7 cm³/mol. The van der Waals surface area contributed by atoms with E-state index in [4.69, 9.17) is 4.42 Å². The molecular formula is C15H13N3O4. The van der Waals surface area contributed by atoms with Crippen molar-refractivity contribution in [3.63, 3.8) is 0 Å². The lowest BCUT2D eigenvalue weighted by atomic mass is 10.2. The first-order chi connectivity index (χ1) is 10.6. The number of methoxy groups -OCH3 is 1. The van der Waals surface area contributed by atoms with Gasteiger partial charge in [-0.3, -0.25) is 4.79 Å². The van der Waals surface area contributed by atoms with Gasteiger partial charge in [0.05, 0.1) is 12.5 Å². The van der Waals surface area contributed by atoms with E-state index in [0.29, 0.717) is 28.0 Å². The highest BCUT2D eigenvalue weighted by molar-refractivity contribution is 5.90. The molecule has 22 heavy (non-hydrogen) atoms. The standard InChI is InChI=1S/C15H13N3O4/c1-9-12(15(20)21-2)7-10(22-9)8-18-14(19)11-5-3-4-6-13(11)16-17-18/h3-7H,8H2,1-2H3. The summed E-state index contributed by atoms with van der Waals surface area (Å²) in [6.45, 7) is 1.75. The van der Waals surface area contributed by atoms with Crippen molar-refractivity contribution in [2.45, 2.75) is 13.5 Å². The molecule has 0 aliphatic carbocycles. The van der Waals surface area contributed by atoms with E-state index in [9.17, 15) is 9.59 Å². The zero-order chi connectivity index (χ0) is 15.7. The number of hydrogen-bond donors (Lipinski definition) is 0. The molecule has 3 rings (SSSR count). The lowest BCUT2D eigenvalue weighted by Gasteiger charge is -2.02. The van der Waals surface area contributed by atoms with Gasteiger partial charge in [0, 0.05) is 0 Å². The highest BCUT2D eigenvalue weighted by Gasteiger charge is 2.16. The Hall–Kier alpha value is -2.96. The molecule has 0 N–H and O–H groups in total. The minimum atomic E-state index is -0.482. The van der Waals surface area contributed by atoms with Gasteiger partial charge in [-0.05, 0) is 25.1 Å². The molecule has 0 unspecified atom stereocenters. The van der Waals surface area contributed by atoms with Gasteiger partial charge in [-0.2, -0.15) is 0 Å². The van der Waals surface area contributed by atoms with Crippen LogP contribution in [0.4, 0.5) is 0 Å². The van der Waals surface area contributed by atoms with Gasteiger partial charge in [0.25, 0.3) is 5.56 Å². The second-order valence-electron chi connectivity index (χ2n) is 4.74. The number of esters is 1. The van der Waals surface area contributed by atoms with Gasteiger partial charge in [-0.25, -0.2) is 9.48 Å². The first-order valence-corrected chi connectivity index (χ1v) is 6.60. The number of carbonyl (C=O) groups excluding carboxylic acids is 1. The number of aromatic nitrogens is 3. The van der Waals surface area contributed by atoms with Gasteiger partial charge in [0.1, 0.15) is 29.1 Å². The number of furan rings is 1. The summed E-state index contributed by atoms with van der Waals surface area (Å²) in [7, 11) is 1.30. The first-order valence-electron chi connectivity index (χ1n) is 6.60. The Labute approximate surface area is 125 Å². The van der Waals surface area contributed by atoms with E-state index in [1.807, 2.05) is 0 Å². The van der Waals surface area contributed by atoms with Crippen LogP contribution in [-0.2, 0) is 11.3 Å². The van der Waals surface area contributed by atoms with Crippen molar-refractivity contribution in [2.75, 3.05) is 7.11 Å². The van der Waals surface area contributed by atoms with Crippen LogP contribution in [0.3, 0.4) is 0 Å². The van der Waals surface area contributed by atoms with Gasteiger partial charge in [0.2, 0.25) is 0 Å². The Balaban J connectivity index is 1.99. The van der Waals surface area contributed by atoms with Crippen molar-refractivity contribution in [3.8, 4) is 0 Å². The molecule has 3 aromatic rings. The predicted octanol–water partition coefficient (Wildman–Crippen LogP) is 1.53. The third-order valence-electron chi connectivity index (χ3n) is 3.31. The Morgan fingerprint density at radius 1 is 1.36 bits per heavy atom. The smallest absolute Gasteiger partial charge is 0.341 e. The third kappa shape index (κ3) is 2.37. The van der Waals surface area contributed by atoms with E-state index >= 15 is 0 Å². The fraction of sp³-hybridized carbons (Fsp3) is 0.200. The topological polar surface area (TPSA) is 87.2 Å². The summed E-state index contributed by atoms with van der Waals surface area (Å²) >= 11 is 0. The van der Waals surface area contributed by atoms with Crippen molar-refractivity contribution >= 4 is 16.9 Å². The maximum absolute atomic E-state index is 12.3. The minimum Gasteiger partial charge on any atom is -0.465 e. The molecule has 0 radical (unpaired) electrons. The molecule has 7 heteroatoms. The molecular weight excluding hydrogens is 286 g/mol. The first kappa shape index (κ1) is 14.0. The number of rotatable bonds is 3. The molecule has 0 spiro atoms. The van der Waals surface area contributed by atoms with Crippen molar-refractivity contribution in [1.29, 1.82) is 0 Å². The van der Waals surface area contributed by atoms with Crippen molar-refractivity contribution < 1.29 is 13.9 Å². The second-order valence-corrected chi connectivity index (χ2v) is 4.74. The molecule has 0 amide bonds. The maximum Gasteiger partial charge on any atom is 0.341 e. The van der Waals surface area contributed by atoms with Gasteiger partial charge >= 0.3 is 5.97 Å². The Morgan fingerprint density at radius 3 is 2.91 bits per heavy atom. The van der Waals surface area contributed by atoms with Gasteiger partial charge < -0.3 is 9.15 Å². The van der Waals surface area contributed by atoms with Crippen LogP contribution in [0, 0.1) is 6.92 Å². The molecule has 0 aliphatic rings. The van der Waals surface area contributed by atoms with E-state index in [1.165, 1.54) is 11.8 Å². The quantitative estimate of drug-likeness (QED) is 0.682. The zero-order valence-electron chi connectivity index (χ0n) is 12.1. The monoisotopic (exact) mass is 299 g/mol. The number of aryl methyl sites for hydroxylation is 1. The molecule has 2 aromatic heterocycles. The molecule has 0 aliphatic heterocycles. The summed E-state index contributed by atoms with van der Waals surface area (Å²) in [5.41, 5.74) is 0.605. The zero-order valence-corrected chi connectivity index (χ0v) is 12.1. The van der Waals surface area contributed by atoms with Crippen LogP contribution in [0.15, 0.2) is 39.5 Å². The van der Waals surface area contributed by atoms with Gasteiger partial charge in [-0.1, -0.05) is 17.3 Å². The van der Waals surface area contributed by atoms with Crippen LogP contribution in [0.5, 0.6) is 0 Å². The summed E-state index contributed by atoms with van der Waals surface area (Å²) in [4.78, 5) is 23.9. The Kier molecular flexibility index (Phi) is 3.46. The molecule has 0 bridgehead atoms. The number of ether oxygens (including phenoxy) is 1. The highest BCUT2D eigenvalue weighted by atomic mass is 16.5. The molecule has 0 saturated heterocycles. The molecule has 0 fully saturated rings. The molecule has 0 saturated carbocycles. The molecule has 0 atom stereocenters. The van der Waals surface area contributed by atoms with Gasteiger partial charge in [-0.15, -0.1) is 5.10 Å². The van der Waals surface area contributed by atoms with E-state index in [2.05, 4.69) is 15.0 Å². The molecule has 2 heterocycles. The average molecular weight is 299 g/mol. The summed E-state index contributed by atoms with van der Waals surface area (Å²) in [5.74, 6) is 0.387. The molecule has 112 valence electrons. The lowest BCUT2D eigenvalue weighted by Crippen LogP contribution is -2.24. The van der Waals surface area contributed by atoms with Crippen LogP contribution < -0.4 is 5.56 Å². The van der Waals surface area contributed by atoms with E-state index in [-0.39, 0.29) is 12.1 Å². The largest absolute Gasteiger partial charge is 0.465 e. The maximum atomic E-state index is 12.3. The summed E-state index contributed by atoms with van der Waals surface area (Å²) < 4.78 is 11.3. The number of nitrogens with zero attached hydrogens (tertiary/aromatic N) is 3. The number of carbonyl (C=O) groups is 1. The Bertz CT molecular complexity index is 911. The van der Waals surface area contributed by atoms with Crippen LogP contribution in [0.25, 0.3) is 10.9 Å². The normalized spacial score (nSPS) is 10.8. The number of hydrogen-bond acceptors (Lipinski definition) is 6. The second kappa shape index (κ2) is 5.44. The van der Waals surface area contributed by atoms with Crippen LogP contribution in [-0.4, -0.2) is 28.1 Å². The van der Waals surface area contributed by atoms with Crippen LogP contribution in [0.2, 0.25) is 0 Å². The lowest BCUT2D eigenvalue weighted by molar-refractivity contribution is 0.0599. The molecule has 1 aromatic carbocycles. The van der Waals surface area contributed by atoms with E-state index in [0.717, 1.165) is 0 Å². The fourth-order valence-corrected chi connectivity index (χ4v) is 2.21. The minimum absolute atomic E-state index is 0.0918. The highest BCUT2D eigenvalue weighted by Crippen LogP contribution is 2.16. The Morgan fingerprint density at radius 2 is 2.14 bits per heavy atom. The van der Waals surface area contributed by atoms with Gasteiger partial charge in [0.15, 0.2) is 0 Å². The van der Waals surface area contributed by atoms with E-state index < -0.39 is 5.97 Å². The van der Waals surface area contributed by atoms with E-state index in [1.54, 1.807) is 37.3 Å².